The summed E-state index contributed by atoms with van der Waals surface area (Å²) in [6.45, 7) is 4.34. The lowest BCUT2D eigenvalue weighted by molar-refractivity contribution is 0.0466. The van der Waals surface area contributed by atoms with Crippen molar-refractivity contribution in [1.82, 2.24) is 4.98 Å². The lowest BCUT2D eigenvalue weighted by Gasteiger charge is -2.07. The molecule has 106 valence electrons. The maximum atomic E-state index is 12.1. The summed E-state index contributed by atoms with van der Waals surface area (Å²) in [7, 11) is 0. The van der Waals surface area contributed by atoms with E-state index in [2.05, 4.69) is 11.1 Å². The molecule has 0 aliphatic carbocycles. The molecule has 1 heterocycles. The monoisotopic (exact) mass is 279 g/mol. The zero-order valence-electron chi connectivity index (χ0n) is 12.1. The smallest absolute Gasteiger partial charge is 0.355 e. The van der Waals surface area contributed by atoms with Crippen molar-refractivity contribution in [3.05, 3.63) is 70.9 Å². The second-order valence-electron chi connectivity index (χ2n) is 5.28. The van der Waals surface area contributed by atoms with Gasteiger partial charge in [0.1, 0.15) is 12.3 Å². The average molecular weight is 279 g/mol. The fourth-order valence-electron chi connectivity index (χ4n) is 2.36. The molecule has 1 aromatic heterocycles. The van der Waals surface area contributed by atoms with Crippen LogP contribution in [0.3, 0.4) is 0 Å². The number of nitrogens with one attached hydrogen (secondary N) is 1. The van der Waals surface area contributed by atoms with Crippen LogP contribution in [0, 0.1) is 13.8 Å². The number of esters is 1. The van der Waals surface area contributed by atoms with Crippen molar-refractivity contribution >= 4 is 16.9 Å². The quantitative estimate of drug-likeness (QED) is 0.732. The fourth-order valence-corrected chi connectivity index (χ4v) is 2.36. The van der Waals surface area contributed by atoms with E-state index in [0.717, 1.165) is 27.6 Å². The lowest BCUT2D eigenvalue weighted by atomic mass is 10.1. The van der Waals surface area contributed by atoms with Gasteiger partial charge in [0, 0.05) is 10.9 Å². The SMILES string of the molecule is Cc1ccc(C)c(COC(=O)c2cc3ccccc3[nH]2)c1. The molecule has 21 heavy (non-hydrogen) atoms. The van der Waals surface area contributed by atoms with E-state index in [0.29, 0.717) is 12.3 Å². The molecule has 0 unspecified atom stereocenters. The van der Waals surface area contributed by atoms with Crippen LogP contribution < -0.4 is 0 Å². The van der Waals surface area contributed by atoms with Gasteiger partial charge in [0.05, 0.1) is 0 Å². The fraction of sp³-hybridized carbons (Fsp3) is 0.167. The highest BCUT2D eigenvalue weighted by molar-refractivity contribution is 5.94. The van der Waals surface area contributed by atoms with Crippen LogP contribution in [0.15, 0.2) is 48.5 Å². The summed E-state index contributed by atoms with van der Waals surface area (Å²) in [5, 5.41) is 1.01. The van der Waals surface area contributed by atoms with E-state index in [1.807, 2.05) is 56.3 Å². The van der Waals surface area contributed by atoms with Crippen LogP contribution in [0.25, 0.3) is 10.9 Å². The Labute approximate surface area is 123 Å². The van der Waals surface area contributed by atoms with Crippen LogP contribution in [0.5, 0.6) is 0 Å². The van der Waals surface area contributed by atoms with Crippen LogP contribution in [-0.4, -0.2) is 11.0 Å². The molecule has 3 aromatic rings. The minimum atomic E-state index is -0.327. The molecule has 1 N–H and O–H groups in total. The van der Waals surface area contributed by atoms with Crippen LogP contribution in [0.1, 0.15) is 27.2 Å². The number of carbonyl (C=O) groups excluding carboxylic acids is 1. The van der Waals surface area contributed by atoms with Gasteiger partial charge in [-0.1, -0.05) is 42.0 Å². The van der Waals surface area contributed by atoms with Gasteiger partial charge in [-0.15, -0.1) is 0 Å². The zero-order chi connectivity index (χ0) is 14.8. The summed E-state index contributed by atoms with van der Waals surface area (Å²) < 4.78 is 5.41. The van der Waals surface area contributed by atoms with Crippen molar-refractivity contribution in [3.63, 3.8) is 0 Å². The highest BCUT2D eigenvalue weighted by Gasteiger charge is 2.11. The number of benzene rings is 2. The Hall–Kier alpha value is -2.55. The van der Waals surface area contributed by atoms with Crippen molar-refractivity contribution in [1.29, 1.82) is 0 Å². The van der Waals surface area contributed by atoms with E-state index in [9.17, 15) is 4.79 Å². The van der Waals surface area contributed by atoms with Gasteiger partial charge in [0.25, 0.3) is 0 Å². The van der Waals surface area contributed by atoms with E-state index in [4.69, 9.17) is 4.74 Å². The molecule has 0 atom stereocenters. The molecular weight excluding hydrogens is 262 g/mol. The van der Waals surface area contributed by atoms with Crippen LogP contribution in [0.4, 0.5) is 0 Å². The Balaban J connectivity index is 1.75. The average Bonchev–Trinajstić information content (AvgIpc) is 2.92. The number of aromatic nitrogens is 1. The molecule has 3 heteroatoms. The summed E-state index contributed by atoms with van der Waals surface area (Å²) >= 11 is 0. The van der Waals surface area contributed by atoms with E-state index < -0.39 is 0 Å². The van der Waals surface area contributed by atoms with E-state index in [-0.39, 0.29) is 5.97 Å². The minimum Gasteiger partial charge on any atom is -0.456 e. The third-order valence-electron chi connectivity index (χ3n) is 3.61. The molecule has 0 bridgehead atoms. The van der Waals surface area contributed by atoms with Crippen molar-refractivity contribution in [3.8, 4) is 0 Å². The maximum Gasteiger partial charge on any atom is 0.355 e. The lowest BCUT2D eigenvalue weighted by Crippen LogP contribution is -2.06. The Morgan fingerprint density at radius 2 is 1.90 bits per heavy atom. The second kappa shape index (κ2) is 5.44. The van der Waals surface area contributed by atoms with Gasteiger partial charge in [-0.25, -0.2) is 4.79 Å². The van der Waals surface area contributed by atoms with Crippen molar-refractivity contribution in [2.45, 2.75) is 20.5 Å². The largest absolute Gasteiger partial charge is 0.456 e. The van der Waals surface area contributed by atoms with Gasteiger partial charge >= 0.3 is 5.97 Å². The van der Waals surface area contributed by atoms with Crippen molar-refractivity contribution < 1.29 is 9.53 Å². The Morgan fingerprint density at radius 1 is 1.10 bits per heavy atom. The van der Waals surface area contributed by atoms with Gasteiger partial charge in [-0.2, -0.15) is 0 Å². The Morgan fingerprint density at radius 3 is 2.71 bits per heavy atom. The number of H-pyrrole nitrogens is 1. The first-order valence-electron chi connectivity index (χ1n) is 6.94. The minimum absolute atomic E-state index is 0.293. The van der Waals surface area contributed by atoms with Crippen LogP contribution in [0.2, 0.25) is 0 Å². The zero-order valence-corrected chi connectivity index (χ0v) is 12.1. The standard InChI is InChI=1S/C18H17NO2/c1-12-7-8-13(2)15(9-12)11-21-18(20)17-10-14-5-3-4-6-16(14)19-17/h3-10,19H,11H2,1-2H3. The maximum absolute atomic E-state index is 12.1. The number of ether oxygens (including phenoxy) is 1. The van der Waals surface area contributed by atoms with Crippen LogP contribution in [-0.2, 0) is 11.3 Å². The molecule has 0 radical (unpaired) electrons. The molecule has 2 aromatic carbocycles. The van der Waals surface area contributed by atoms with Crippen LogP contribution >= 0.6 is 0 Å². The van der Waals surface area contributed by atoms with E-state index in [1.165, 1.54) is 0 Å². The molecule has 0 aliphatic heterocycles. The first-order valence-corrected chi connectivity index (χ1v) is 6.94. The van der Waals surface area contributed by atoms with E-state index in [1.54, 1.807) is 0 Å². The number of hydrogen-bond acceptors (Lipinski definition) is 2. The Kier molecular flexibility index (Phi) is 3.48. The number of para-hydroxylation sites is 1. The number of hydrogen-bond donors (Lipinski definition) is 1. The molecule has 0 fully saturated rings. The van der Waals surface area contributed by atoms with Gasteiger partial charge in [0.15, 0.2) is 0 Å². The summed E-state index contributed by atoms with van der Waals surface area (Å²) in [6.07, 6.45) is 0. The number of rotatable bonds is 3. The summed E-state index contributed by atoms with van der Waals surface area (Å²) in [6, 6.07) is 15.8. The molecule has 0 spiro atoms. The van der Waals surface area contributed by atoms with Gasteiger partial charge in [-0.05, 0) is 37.1 Å². The molecule has 0 amide bonds. The number of carbonyl (C=O) groups is 1. The number of aromatic amines is 1. The highest BCUT2D eigenvalue weighted by Crippen LogP contribution is 2.17. The summed E-state index contributed by atoms with van der Waals surface area (Å²) in [4.78, 5) is 15.2. The van der Waals surface area contributed by atoms with Gasteiger partial charge < -0.3 is 9.72 Å². The second-order valence-corrected chi connectivity index (χ2v) is 5.28. The molecule has 0 saturated carbocycles. The van der Waals surface area contributed by atoms with Gasteiger partial charge in [-0.3, -0.25) is 0 Å². The molecular formula is C18H17NO2. The first kappa shape index (κ1) is 13.4. The molecule has 0 saturated heterocycles. The highest BCUT2D eigenvalue weighted by atomic mass is 16.5. The normalized spacial score (nSPS) is 10.8. The van der Waals surface area contributed by atoms with Gasteiger partial charge in [0.2, 0.25) is 0 Å². The van der Waals surface area contributed by atoms with Crippen molar-refractivity contribution in [2.75, 3.05) is 0 Å². The van der Waals surface area contributed by atoms with E-state index >= 15 is 0 Å². The van der Waals surface area contributed by atoms with Crippen molar-refractivity contribution in [2.24, 2.45) is 0 Å². The summed E-state index contributed by atoms with van der Waals surface area (Å²) in [5.41, 5.74) is 4.76. The predicted octanol–water partition coefficient (Wildman–Crippen LogP) is 4.14. The third kappa shape index (κ3) is 2.82. The molecule has 3 rings (SSSR count). The topological polar surface area (TPSA) is 42.1 Å². The summed E-state index contributed by atoms with van der Waals surface area (Å²) in [5.74, 6) is -0.327. The predicted molar refractivity (Wildman–Crippen MR) is 83.3 cm³/mol. The number of fused-ring (bicyclic) bond motifs is 1. The molecule has 3 nitrogen and oxygen atoms in total. The molecule has 0 aliphatic rings. The third-order valence-corrected chi connectivity index (χ3v) is 3.61. The number of aryl methyl sites for hydroxylation is 2. The first-order chi connectivity index (χ1) is 10.1. The Bertz CT molecular complexity index is 769.